The van der Waals surface area contributed by atoms with Crippen LogP contribution in [0.1, 0.15) is 12.8 Å². The Balaban J connectivity index is 3.71. The van der Waals surface area contributed by atoms with Gasteiger partial charge in [-0.25, -0.2) is 0 Å². The molecule has 7 heteroatoms. The van der Waals surface area contributed by atoms with E-state index in [1.54, 1.807) is 0 Å². The van der Waals surface area contributed by atoms with Crippen LogP contribution >= 0.6 is 0 Å². The standard InChI is InChI=1S/C7H17F2NO3Si/c8-10(9)3-1-2-4-14(5-11,6-12)7-13/h11-13H,1-7H2. The first-order valence-electron chi connectivity index (χ1n) is 4.52. The molecule has 0 saturated heterocycles. The summed E-state index contributed by atoms with van der Waals surface area (Å²) in [6, 6.07) is 0.477. The molecule has 0 saturated carbocycles. The van der Waals surface area contributed by atoms with Crippen LogP contribution in [-0.2, 0) is 0 Å². The van der Waals surface area contributed by atoms with Crippen LogP contribution in [0.3, 0.4) is 0 Å². The maximum absolute atomic E-state index is 11.6. The quantitative estimate of drug-likeness (QED) is 0.308. The van der Waals surface area contributed by atoms with Gasteiger partial charge in [0.1, 0.15) is 8.07 Å². The average Bonchev–Trinajstić information content (AvgIpc) is 2.19. The molecule has 86 valence electrons. The summed E-state index contributed by atoms with van der Waals surface area (Å²) in [6.07, 6.45) is 0.207. The van der Waals surface area contributed by atoms with Gasteiger partial charge in [-0.05, 0) is 6.42 Å². The van der Waals surface area contributed by atoms with E-state index in [2.05, 4.69) is 0 Å². The summed E-state index contributed by atoms with van der Waals surface area (Å²) in [6.45, 7) is -0.313. The van der Waals surface area contributed by atoms with Gasteiger partial charge in [0, 0.05) is 24.0 Å². The van der Waals surface area contributed by atoms with E-state index in [9.17, 15) is 8.96 Å². The van der Waals surface area contributed by atoms with Gasteiger partial charge in [0.25, 0.3) is 0 Å². The van der Waals surface area contributed by atoms with Crippen molar-refractivity contribution >= 4 is 8.07 Å². The zero-order valence-electron chi connectivity index (χ0n) is 7.99. The zero-order valence-corrected chi connectivity index (χ0v) is 8.99. The Kier molecular flexibility index (Phi) is 7.20. The molecule has 0 aliphatic heterocycles. The molecule has 0 aromatic heterocycles. The van der Waals surface area contributed by atoms with Crippen molar-refractivity contribution in [2.24, 2.45) is 0 Å². The summed E-state index contributed by atoms with van der Waals surface area (Å²) in [5, 5.41) is 26.0. The predicted molar refractivity (Wildman–Crippen MR) is 50.0 cm³/mol. The van der Waals surface area contributed by atoms with E-state index in [-0.39, 0.29) is 25.2 Å². The molecular weight excluding hydrogens is 212 g/mol. The van der Waals surface area contributed by atoms with Crippen molar-refractivity contribution in [3.8, 4) is 0 Å². The van der Waals surface area contributed by atoms with Crippen molar-refractivity contribution < 1.29 is 24.3 Å². The summed E-state index contributed by atoms with van der Waals surface area (Å²) in [5.41, 5.74) is 0. The molecule has 0 aromatic rings. The molecular formula is C7H17F2NO3Si. The largest absolute Gasteiger partial charge is 0.399 e. The fourth-order valence-electron chi connectivity index (χ4n) is 1.12. The van der Waals surface area contributed by atoms with Crippen molar-refractivity contribution in [3.05, 3.63) is 0 Å². The van der Waals surface area contributed by atoms with E-state index in [1.807, 2.05) is 0 Å². The van der Waals surface area contributed by atoms with Crippen LogP contribution in [-0.4, -0.2) is 54.0 Å². The summed E-state index contributed by atoms with van der Waals surface area (Å²) in [7, 11) is -2.39. The number of aliphatic hydroxyl groups excluding tert-OH is 3. The normalized spacial score (nSPS) is 12.4. The van der Waals surface area contributed by atoms with Crippen molar-refractivity contribution in [1.82, 2.24) is 5.34 Å². The van der Waals surface area contributed by atoms with Crippen molar-refractivity contribution in [1.29, 1.82) is 0 Å². The summed E-state index contributed by atoms with van der Waals surface area (Å²) >= 11 is 0. The highest BCUT2D eigenvalue weighted by Crippen LogP contribution is 2.13. The Labute approximate surface area is 82.7 Å². The third-order valence-electron chi connectivity index (χ3n) is 2.29. The molecule has 0 amide bonds. The minimum absolute atomic E-state index is 0.199. The predicted octanol–water partition coefficient (Wildman–Crippen LogP) is -0.119. The van der Waals surface area contributed by atoms with E-state index in [0.717, 1.165) is 0 Å². The molecule has 0 radical (unpaired) electrons. The summed E-state index contributed by atoms with van der Waals surface area (Å²) in [4.78, 5) is 0. The Morgan fingerprint density at radius 1 is 0.929 bits per heavy atom. The lowest BCUT2D eigenvalue weighted by Gasteiger charge is -2.24. The number of halogens is 2. The second-order valence-electron chi connectivity index (χ2n) is 3.46. The van der Waals surface area contributed by atoms with Gasteiger partial charge in [-0.15, -0.1) is 8.96 Å². The number of unbranched alkanes of at least 4 members (excludes halogenated alkanes) is 1. The second kappa shape index (κ2) is 7.24. The lowest BCUT2D eigenvalue weighted by molar-refractivity contribution is -0.153. The molecule has 0 heterocycles. The van der Waals surface area contributed by atoms with E-state index in [4.69, 9.17) is 15.3 Å². The van der Waals surface area contributed by atoms with Crippen molar-refractivity contribution in [2.75, 3.05) is 25.2 Å². The van der Waals surface area contributed by atoms with E-state index in [1.165, 1.54) is 0 Å². The Morgan fingerprint density at radius 2 is 1.43 bits per heavy atom. The van der Waals surface area contributed by atoms with E-state index < -0.39 is 13.4 Å². The van der Waals surface area contributed by atoms with Crippen LogP contribution in [0.25, 0.3) is 0 Å². The minimum atomic E-state index is -2.39. The topological polar surface area (TPSA) is 63.9 Å². The zero-order chi connectivity index (χ0) is 11.0. The first-order valence-corrected chi connectivity index (χ1v) is 7.35. The molecule has 0 atom stereocenters. The fourth-order valence-corrected chi connectivity index (χ4v) is 2.89. The minimum Gasteiger partial charge on any atom is -0.399 e. The Bertz CT molecular complexity index is 139. The van der Waals surface area contributed by atoms with Gasteiger partial charge in [-0.1, -0.05) is 12.5 Å². The van der Waals surface area contributed by atoms with E-state index in [0.29, 0.717) is 18.9 Å². The second-order valence-corrected chi connectivity index (χ2v) is 7.91. The van der Waals surface area contributed by atoms with Crippen LogP contribution in [0.5, 0.6) is 0 Å². The Morgan fingerprint density at radius 3 is 1.79 bits per heavy atom. The van der Waals surface area contributed by atoms with Gasteiger partial charge in [-0.2, -0.15) is 0 Å². The van der Waals surface area contributed by atoms with Crippen molar-refractivity contribution in [3.63, 3.8) is 0 Å². The van der Waals surface area contributed by atoms with Gasteiger partial charge < -0.3 is 15.3 Å². The SMILES string of the molecule is OC[Si](CO)(CO)CCCCN(F)F. The fraction of sp³-hybridized carbons (Fsp3) is 1.00. The molecule has 0 aliphatic carbocycles. The van der Waals surface area contributed by atoms with Crippen LogP contribution in [0, 0.1) is 0 Å². The highest BCUT2D eigenvalue weighted by atomic mass is 28.3. The maximum Gasteiger partial charge on any atom is 0.139 e. The smallest absolute Gasteiger partial charge is 0.139 e. The first kappa shape index (κ1) is 13.9. The average molecular weight is 229 g/mol. The number of nitrogens with zero attached hydrogens (tertiary/aromatic N) is 1. The lowest BCUT2D eigenvalue weighted by Crippen LogP contribution is -2.48. The number of hydrogen-bond donors (Lipinski definition) is 3. The van der Waals surface area contributed by atoms with Gasteiger partial charge >= 0.3 is 0 Å². The molecule has 0 fully saturated rings. The summed E-state index contributed by atoms with van der Waals surface area (Å²) in [5.74, 6) is 0. The van der Waals surface area contributed by atoms with Crippen molar-refractivity contribution in [2.45, 2.75) is 18.9 Å². The number of rotatable bonds is 8. The molecule has 0 spiro atoms. The van der Waals surface area contributed by atoms with Gasteiger partial charge in [0.2, 0.25) is 0 Å². The molecule has 0 bridgehead atoms. The lowest BCUT2D eigenvalue weighted by atomic mass is 10.3. The highest BCUT2D eigenvalue weighted by Gasteiger charge is 2.30. The highest BCUT2D eigenvalue weighted by molar-refractivity contribution is 6.79. The van der Waals surface area contributed by atoms with Gasteiger partial charge in [0.15, 0.2) is 0 Å². The van der Waals surface area contributed by atoms with Gasteiger partial charge in [0.05, 0.1) is 6.54 Å². The molecule has 3 N–H and O–H groups in total. The maximum atomic E-state index is 11.6. The number of aliphatic hydroxyl groups is 3. The monoisotopic (exact) mass is 229 g/mol. The number of hydrogen-bond acceptors (Lipinski definition) is 4. The molecule has 0 unspecified atom stereocenters. The molecule has 4 nitrogen and oxygen atoms in total. The Hall–Kier alpha value is -0.0831. The third kappa shape index (κ3) is 4.96. The molecule has 0 aromatic carbocycles. The van der Waals surface area contributed by atoms with Crippen LogP contribution in [0.2, 0.25) is 6.04 Å². The van der Waals surface area contributed by atoms with Crippen LogP contribution in [0.15, 0.2) is 0 Å². The van der Waals surface area contributed by atoms with Crippen LogP contribution < -0.4 is 0 Å². The van der Waals surface area contributed by atoms with Gasteiger partial charge in [-0.3, -0.25) is 0 Å². The van der Waals surface area contributed by atoms with Crippen LogP contribution in [0.4, 0.5) is 8.96 Å². The first-order chi connectivity index (χ1) is 6.60. The molecule has 0 aliphatic rings. The summed E-state index contributed by atoms with van der Waals surface area (Å²) < 4.78 is 23.2. The van der Waals surface area contributed by atoms with E-state index >= 15 is 0 Å². The third-order valence-corrected chi connectivity index (χ3v) is 5.72. The molecule has 14 heavy (non-hydrogen) atoms. The molecule has 0 rings (SSSR count).